The standard InChI is InChI=1S/C18H20FN3O3/c19-12-2-3-13-11(8-12)9-14(21-13)16(24)22-7-4-15(23)18(10-22)5-1-6-20-17(18)25/h2-3,8-9,15,21,23H,1,4-7,10H2,(H,20,25)/t15-,18-/m1/s1. The van der Waals surface area contributed by atoms with Crippen molar-refractivity contribution >= 4 is 22.7 Å². The zero-order valence-corrected chi connectivity index (χ0v) is 13.7. The summed E-state index contributed by atoms with van der Waals surface area (Å²) in [4.78, 5) is 29.9. The summed E-state index contributed by atoms with van der Waals surface area (Å²) in [6.45, 7) is 1.19. The molecule has 1 spiro atoms. The number of benzene rings is 1. The van der Waals surface area contributed by atoms with Crippen LogP contribution in [-0.4, -0.2) is 52.5 Å². The number of amides is 2. The van der Waals surface area contributed by atoms with E-state index in [1.54, 1.807) is 17.0 Å². The van der Waals surface area contributed by atoms with Crippen LogP contribution in [0.4, 0.5) is 4.39 Å². The lowest BCUT2D eigenvalue weighted by atomic mass is 9.71. The molecule has 2 aromatic rings. The summed E-state index contributed by atoms with van der Waals surface area (Å²) >= 11 is 0. The molecule has 2 atom stereocenters. The van der Waals surface area contributed by atoms with E-state index in [9.17, 15) is 19.1 Å². The molecule has 3 heterocycles. The summed E-state index contributed by atoms with van der Waals surface area (Å²) in [5.41, 5.74) is 0.125. The van der Waals surface area contributed by atoms with Gasteiger partial charge in [0.25, 0.3) is 5.91 Å². The number of fused-ring (bicyclic) bond motifs is 1. The largest absolute Gasteiger partial charge is 0.392 e. The van der Waals surface area contributed by atoms with Crippen molar-refractivity contribution in [1.82, 2.24) is 15.2 Å². The van der Waals surface area contributed by atoms with Crippen molar-refractivity contribution < 1.29 is 19.1 Å². The minimum atomic E-state index is -0.926. The topological polar surface area (TPSA) is 85.4 Å². The molecule has 2 amide bonds. The second-order valence-electron chi connectivity index (χ2n) is 6.96. The number of rotatable bonds is 1. The number of hydrogen-bond donors (Lipinski definition) is 3. The number of H-pyrrole nitrogens is 1. The Balaban J connectivity index is 1.62. The van der Waals surface area contributed by atoms with Crippen LogP contribution in [0.15, 0.2) is 24.3 Å². The maximum Gasteiger partial charge on any atom is 0.270 e. The lowest BCUT2D eigenvalue weighted by molar-refractivity contribution is -0.147. The van der Waals surface area contributed by atoms with Crippen LogP contribution in [0.1, 0.15) is 29.8 Å². The molecule has 0 radical (unpaired) electrons. The van der Waals surface area contributed by atoms with Gasteiger partial charge in [-0.2, -0.15) is 0 Å². The number of aromatic nitrogens is 1. The SMILES string of the molecule is O=C(c1cc2cc(F)ccc2[nH]1)N1CC[C@@H](O)[C@@]2(CCCNC2=O)C1. The molecule has 3 N–H and O–H groups in total. The highest BCUT2D eigenvalue weighted by atomic mass is 19.1. The van der Waals surface area contributed by atoms with Crippen LogP contribution >= 0.6 is 0 Å². The third-order valence-corrected chi connectivity index (χ3v) is 5.42. The predicted molar refractivity (Wildman–Crippen MR) is 89.5 cm³/mol. The molecular formula is C18H20FN3O3. The Morgan fingerprint density at radius 3 is 3.00 bits per heavy atom. The van der Waals surface area contributed by atoms with Crippen molar-refractivity contribution in [2.45, 2.75) is 25.4 Å². The van der Waals surface area contributed by atoms with Crippen molar-refractivity contribution in [3.8, 4) is 0 Å². The third kappa shape index (κ3) is 2.59. The van der Waals surface area contributed by atoms with Gasteiger partial charge in [0.05, 0.1) is 11.5 Å². The van der Waals surface area contributed by atoms with E-state index in [4.69, 9.17) is 0 Å². The molecule has 6 nitrogen and oxygen atoms in total. The lowest BCUT2D eigenvalue weighted by Gasteiger charge is -2.46. The Bertz CT molecular complexity index is 849. The number of aliphatic hydroxyl groups is 1. The molecule has 25 heavy (non-hydrogen) atoms. The van der Waals surface area contributed by atoms with Gasteiger partial charge in [0.1, 0.15) is 11.5 Å². The minimum absolute atomic E-state index is 0.178. The molecule has 132 valence electrons. The zero-order valence-electron chi connectivity index (χ0n) is 13.7. The zero-order chi connectivity index (χ0) is 17.6. The molecule has 0 aliphatic carbocycles. The average Bonchev–Trinajstić information content (AvgIpc) is 3.02. The van der Waals surface area contributed by atoms with E-state index >= 15 is 0 Å². The number of halogens is 1. The van der Waals surface area contributed by atoms with Gasteiger partial charge >= 0.3 is 0 Å². The highest BCUT2D eigenvalue weighted by Gasteiger charge is 2.50. The Morgan fingerprint density at radius 1 is 1.36 bits per heavy atom. The molecule has 0 bridgehead atoms. The van der Waals surface area contributed by atoms with Gasteiger partial charge < -0.3 is 20.3 Å². The molecule has 2 aliphatic heterocycles. The third-order valence-electron chi connectivity index (χ3n) is 5.42. The average molecular weight is 345 g/mol. The lowest BCUT2D eigenvalue weighted by Crippen LogP contribution is -2.62. The molecule has 4 rings (SSSR count). The highest BCUT2D eigenvalue weighted by Crippen LogP contribution is 2.37. The maximum absolute atomic E-state index is 13.3. The molecular weight excluding hydrogens is 325 g/mol. The Morgan fingerprint density at radius 2 is 2.20 bits per heavy atom. The first kappa shape index (κ1) is 16.1. The monoisotopic (exact) mass is 345 g/mol. The number of likely N-dealkylation sites (tertiary alicyclic amines) is 1. The Kier molecular flexibility index (Phi) is 3.76. The normalized spacial score (nSPS) is 26.9. The first-order chi connectivity index (χ1) is 12.0. The van der Waals surface area contributed by atoms with Gasteiger partial charge in [0.15, 0.2) is 0 Å². The van der Waals surface area contributed by atoms with E-state index < -0.39 is 11.5 Å². The molecule has 1 aromatic carbocycles. The second kappa shape index (κ2) is 5.84. The molecule has 7 heteroatoms. The van der Waals surface area contributed by atoms with Crippen LogP contribution in [0.2, 0.25) is 0 Å². The van der Waals surface area contributed by atoms with Crippen molar-refractivity contribution in [3.63, 3.8) is 0 Å². The molecule has 2 saturated heterocycles. The van der Waals surface area contributed by atoms with Crippen LogP contribution in [0.5, 0.6) is 0 Å². The summed E-state index contributed by atoms with van der Waals surface area (Å²) in [6, 6.07) is 5.93. The number of aliphatic hydroxyl groups excluding tert-OH is 1. The second-order valence-corrected chi connectivity index (χ2v) is 6.96. The Labute approximate surface area is 144 Å². The van der Waals surface area contributed by atoms with Gasteiger partial charge in [-0.25, -0.2) is 4.39 Å². The van der Waals surface area contributed by atoms with Gasteiger partial charge in [-0.3, -0.25) is 9.59 Å². The smallest absolute Gasteiger partial charge is 0.270 e. The van der Waals surface area contributed by atoms with Crippen LogP contribution in [-0.2, 0) is 4.79 Å². The molecule has 2 fully saturated rings. The molecule has 1 aromatic heterocycles. The van der Waals surface area contributed by atoms with Crippen molar-refractivity contribution in [2.75, 3.05) is 19.6 Å². The fraction of sp³-hybridized carbons (Fsp3) is 0.444. The predicted octanol–water partition coefficient (Wildman–Crippen LogP) is 1.41. The van der Waals surface area contributed by atoms with Crippen molar-refractivity contribution in [2.24, 2.45) is 5.41 Å². The van der Waals surface area contributed by atoms with E-state index in [2.05, 4.69) is 10.3 Å². The van der Waals surface area contributed by atoms with Crippen molar-refractivity contribution in [3.05, 3.63) is 35.8 Å². The van der Waals surface area contributed by atoms with Crippen LogP contribution in [0.3, 0.4) is 0 Å². The molecule has 0 unspecified atom stereocenters. The fourth-order valence-electron chi connectivity index (χ4n) is 4.01. The van der Waals surface area contributed by atoms with Gasteiger partial charge in [-0.15, -0.1) is 0 Å². The Hall–Kier alpha value is -2.41. The van der Waals surface area contributed by atoms with Crippen LogP contribution in [0.25, 0.3) is 10.9 Å². The summed E-state index contributed by atoms with van der Waals surface area (Å²) < 4.78 is 13.3. The van der Waals surface area contributed by atoms with Crippen LogP contribution < -0.4 is 5.32 Å². The molecule has 0 saturated carbocycles. The number of piperidine rings is 2. The van der Waals surface area contributed by atoms with E-state index in [0.717, 1.165) is 6.42 Å². The summed E-state index contributed by atoms with van der Waals surface area (Å²) in [6.07, 6.45) is 0.986. The van der Waals surface area contributed by atoms with E-state index in [1.807, 2.05) is 0 Å². The number of nitrogens with one attached hydrogen (secondary N) is 2. The van der Waals surface area contributed by atoms with E-state index in [1.165, 1.54) is 12.1 Å². The number of carbonyl (C=O) groups excluding carboxylic acids is 2. The quantitative estimate of drug-likeness (QED) is 0.730. The van der Waals surface area contributed by atoms with E-state index in [0.29, 0.717) is 42.5 Å². The van der Waals surface area contributed by atoms with Crippen molar-refractivity contribution in [1.29, 1.82) is 0 Å². The first-order valence-corrected chi connectivity index (χ1v) is 8.53. The van der Waals surface area contributed by atoms with Crippen LogP contribution in [0, 0.1) is 11.2 Å². The number of nitrogens with zero attached hydrogens (tertiary/aromatic N) is 1. The summed E-state index contributed by atoms with van der Waals surface area (Å²) in [7, 11) is 0. The van der Waals surface area contributed by atoms with Gasteiger partial charge in [-0.1, -0.05) is 0 Å². The summed E-state index contributed by atoms with van der Waals surface area (Å²) in [5, 5.41) is 13.9. The number of aromatic amines is 1. The van der Waals surface area contributed by atoms with Gasteiger partial charge in [-0.05, 0) is 43.5 Å². The number of hydrogen-bond acceptors (Lipinski definition) is 3. The molecule has 2 aliphatic rings. The summed E-state index contributed by atoms with van der Waals surface area (Å²) in [5.74, 6) is -0.770. The first-order valence-electron chi connectivity index (χ1n) is 8.53. The fourth-order valence-corrected chi connectivity index (χ4v) is 4.01. The number of carbonyl (C=O) groups is 2. The van der Waals surface area contributed by atoms with E-state index in [-0.39, 0.29) is 24.2 Å². The minimum Gasteiger partial charge on any atom is -0.392 e. The van der Waals surface area contributed by atoms with Gasteiger partial charge in [0.2, 0.25) is 5.91 Å². The van der Waals surface area contributed by atoms with Gasteiger partial charge in [0, 0.05) is 30.5 Å². The highest BCUT2D eigenvalue weighted by molar-refractivity contribution is 5.98. The maximum atomic E-state index is 13.3.